The van der Waals surface area contributed by atoms with Gasteiger partial charge in [0.2, 0.25) is 0 Å². The van der Waals surface area contributed by atoms with Crippen LogP contribution in [0, 0.1) is 0 Å². The zero-order chi connectivity index (χ0) is 13.6. The molecule has 1 aromatic rings. The lowest BCUT2D eigenvalue weighted by atomic mass is 10.1. The van der Waals surface area contributed by atoms with Crippen LogP contribution in [0.25, 0.3) is 0 Å². The number of methoxy groups -OCH3 is 1. The normalized spacial score (nSPS) is 13.4. The highest BCUT2D eigenvalue weighted by Gasteiger charge is 2.28. The predicted octanol–water partition coefficient (Wildman–Crippen LogP) is 2.88. The number of hydrogen-bond donors (Lipinski definition) is 1. The van der Waals surface area contributed by atoms with Crippen LogP contribution in [0.3, 0.4) is 0 Å². The van der Waals surface area contributed by atoms with Crippen molar-refractivity contribution in [2.45, 2.75) is 19.3 Å². The van der Waals surface area contributed by atoms with Crippen LogP contribution in [0.15, 0.2) is 24.3 Å². The highest BCUT2D eigenvalue weighted by Crippen LogP contribution is 2.19. The molecule has 0 radical (unpaired) electrons. The maximum absolute atomic E-state index is 11.7. The molecule has 0 amide bonds. The highest BCUT2D eigenvalue weighted by molar-refractivity contribution is 5.30. The average Bonchev–Trinajstić information content (AvgIpc) is 2.33. The van der Waals surface area contributed by atoms with Gasteiger partial charge in [-0.15, -0.1) is 13.2 Å². The van der Waals surface area contributed by atoms with Gasteiger partial charge in [0.1, 0.15) is 5.75 Å². The average molecular weight is 263 g/mol. The Morgan fingerprint density at radius 3 is 2.67 bits per heavy atom. The minimum Gasteiger partial charge on any atom is -0.497 e. The predicted molar refractivity (Wildman–Crippen MR) is 61.4 cm³/mol. The zero-order valence-electron chi connectivity index (χ0n) is 10.3. The lowest BCUT2D eigenvalue weighted by molar-refractivity contribution is -0.323. The molecule has 1 atom stereocenters. The van der Waals surface area contributed by atoms with E-state index in [-0.39, 0.29) is 12.6 Å². The van der Waals surface area contributed by atoms with Crippen LogP contribution in [-0.2, 0) is 4.74 Å². The van der Waals surface area contributed by atoms with Gasteiger partial charge in [0.25, 0.3) is 0 Å². The van der Waals surface area contributed by atoms with Crippen molar-refractivity contribution in [3.05, 3.63) is 29.8 Å². The molecular formula is C12H16F3NO2. The first kappa shape index (κ1) is 14.8. The fourth-order valence-corrected chi connectivity index (χ4v) is 1.47. The van der Waals surface area contributed by atoms with E-state index in [1.54, 1.807) is 7.11 Å². The summed E-state index contributed by atoms with van der Waals surface area (Å²) >= 11 is 0. The molecule has 1 rings (SSSR count). The number of ether oxygens (including phenoxy) is 2. The third-order valence-corrected chi connectivity index (χ3v) is 2.41. The van der Waals surface area contributed by atoms with E-state index in [0.29, 0.717) is 5.75 Å². The molecule has 0 saturated heterocycles. The first-order chi connectivity index (χ1) is 8.42. The Hall–Kier alpha value is -1.27. The smallest absolute Gasteiger partial charge is 0.497 e. The Bertz CT molecular complexity index is 369. The highest BCUT2D eigenvalue weighted by atomic mass is 19.4. The van der Waals surface area contributed by atoms with Crippen molar-refractivity contribution in [1.29, 1.82) is 0 Å². The van der Waals surface area contributed by atoms with Gasteiger partial charge in [0, 0.05) is 12.6 Å². The van der Waals surface area contributed by atoms with Crippen LogP contribution < -0.4 is 10.1 Å². The van der Waals surface area contributed by atoms with Crippen LogP contribution in [0.5, 0.6) is 5.75 Å². The Kier molecular flexibility index (Phi) is 5.43. The van der Waals surface area contributed by atoms with E-state index in [1.807, 2.05) is 31.2 Å². The Morgan fingerprint density at radius 2 is 2.06 bits per heavy atom. The number of benzene rings is 1. The van der Waals surface area contributed by atoms with E-state index < -0.39 is 13.0 Å². The maximum atomic E-state index is 11.7. The van der Waals surface area contributed by atoms with E-state index in [9.17, 15) is 13.2 Å². The van der Waals surface area contributed by atoms with Crippen molar-refractivity contribution in [2.24, 2.45) is 0 Å². The SMILES string of the molecule is COc1cccc([C@H](C)NCCOC(F)(F)F)c1. The Balaban J connectivity index is 2.38. The summed E-state index contributed by atoms with van der Waals surface area (Å²) in [6.45, 7) is 1.58. The summed E-state index contributed by atoms with van der Waals surface area (Å²) in [5, 5.41) is 2.94. The van der Waals surface area contributed by atoms with Gasteiger partial charge in [-0.1, -0.05) is 12.1 Å². The molecule has 0 saturated carbocycles. The van der Waals surface area contributed by atoms with Crippen molar-refractivity contribution in [1.82, 2.24) is 5.32 Å². The fourth-order valence-electron chi connectivity index (χ4n) is 1.47. The first-order valence-corrected chi connectivity index (χ1v) is 5.50. The summed E-state index contributed by atoms with van der Waals surface area (Å²) in [5.74, 6) is 0.715. The monoisotopic (exact) mass is 263 g/mol. The first-order valence-electron chi connectivity index (χ1n) is 5.50. The molecule has 0 heterocycles. The molecule has 0 spiro atoms. The van der Waals surface area contributed by atoms with E-state index in [4.69, 9.17) is 4.74 Å². The summed E-state index contributed by atoms with van der Waals surface area (Å²) in [6.07, 6.45) is -4.57. The summed E-state index contributed by atoms with van der Waals surface area (Å²) in [5.41, 5.74) is 0.946. The number of alkyl halides is 3. The minimum absolute atomic E-state index is 0.0723. The van der Waals surface area contributed by atoms with E-state index in [1.165, 1.54) is 0 Å². The largest absolute Gasteiger partial charge is 0.522 e. The summed E-state index contributed by atoms with van der Waals surface area (Å²) < 4.78 is 44.0. The molecule has 1 aromatic carbocycles. The van der Waals surface area contributed by atoms with Gasteiger partial charge < -0.3 is 10.1 Å². The van der Waals surface area contributed by atoms with E-state index in [0.717, 1.165) is 5.56 Å². The second-order valence-corrected chi connectivity index (χ2v) is 3.75. The quantitative estimate of drug-likeness (QED) is 0.800. The van der Waals surface area contributed by atoms with Gasteiger partial charge in [-0.3, -0.25) is 4.74 Å². The van der Waals surface area contributed by atoms with Crippen LogP contribution in [-0.4, -0.2) is 26.6 Å². The molecule has 0 fully saturated rings. The third kappa shape index (κ3) is 5.37. The molecule has 0 bridgehead atoms. The third-order valence-electron chi connectivity index (χ3n) is 2.41. The van der Waals surface area contributed by atoms with Gasteiger partial charge in [-0.25, -0.2) is 0 Å². The maximum Gasteiger partial charge on any atom is 0.522 e. The summed E-state index contributed by atoms with van der Waals surface area (Å²) in [4.78, 5) is 0. The molecule has 18 heavy (non-hydrogen) atoms. The second-order valence-electron chi connectivity index (χ2n) is 3.75. The minimum atomic E-state index is -4.57. The van der Waals surface area contributed by atoms with Crippen molar-refractivity contribution in [3.63, 3.8) is 0 Å². The van der Waals surface area contributed by atoms with Gasteiger partial charge in [0.05, 0.1) is 13.7 Å². The number of halogens is 3. The van der Waals surface area contributed by atoms with E-state index >= 15 is 0 Å². The topological polar surface area (TPSA) is 30.5 Å². The molecule has 1 N–H and O–H groups in total. The zero-order valence-corrected chi connectivity index (χ0v) is 10.3. The lowest BCUT2D eigenvalue weighted by Gasteiger charge is -2.15. The van der Waals surface area contributed by atoms with Crippen LogP contribution >= 0.6 is 0 Å². The second kappa shape index (κ2) is 6.61. The molecule has 0 aliphatic carbocycles. The molecule has 6 heteroatoms. The van der Waals surface area contributed by atoms with Crippen molar-refractivity contribution in [2.75, 3.05) is 20.3 Å². The summed E-state index contributed by atoms with van der Waals surface area (Å²) in [6, 6.07) is 7.28. The molecule has 3 nitrogen and oxygen atoms in total. The Labute approximate surface area is 104 Å². The lowest BCUT2D eigenvalue weighted by Crippen LogP contribution is -2.26. The van der Waals surface area contributed by atoms with Gasteiger partial charge in [0.15, 0.2) is 0 Å². The standard InChI is InChI=1S/C12H16F3NO2/c1-9(16-6-7-18-12(13,14)15)10-4-3-5-11(8-10)17-2/h3-5,8-9,16H,6-7H2,1-2H3/t9-/m0/s1. The Morgan fingerprint density at radius 1 is 1.33 bits per heavy atom. The molecule has 0 aliphatic heterocycles. The molecule has 102 valence electrons. The van der Waals surface area contributed by atoms with Gasteiger partial charge >= 0.3 is 6.36 Å². The molecule has 0 aromatic heterocycles. The van der Waals surface area contributed by atoms with Crippen LogP contribution in [0.1, 0.15) is 18.5 Å². The van der Waals surface area contributed by atoms with Crippen molar-refractivity contribution >= 4 is 0 Å². The van der Waals surface area contributed by atoms with E-state index in [2.05, 4.69) is 10.1 Å². The fraction of sp³-hybridized carbons (Fsp3) is 0.500. The molecule has 0 unspecified atom stereocenters. The van der Waals surface area contributed by atoms with Gasteiger partial charge in [-0.05, 0) is 24.6 Å². The van der Waals surface area contributed by atoms with Crippen LogP contribution in [0.4, 0.5) is 13.2 Å². The summed E-state index contributed by atoms with van der Waals surface area (Å²) in [7, 11) is 1.56. The van der Waals surface area contributed by atoms with Crippen molar-refractivity contribution in [3.8, 4) is 5.75 Å². The van der Waals surface area contributed by atoms with Crippen molar-refractivity contribution < 1.29 is 22.6 Å². The number of nitrogens with one attached hydrogen (secondary N) is 1. The molecule has 0 aliphatic rings. The molecular weight excluding hydrogens is 247 g/mol. The number of hydrogen-bond acceptors (Lipinski definition) is 3. The van der Waals surface area contributed by atoms with Crippen LogP contribution in [0.2, 0.25) is 0 Å². The number of rotatable bonds is 6. The van der Waals surface area contributed by atoms with Gasteiger partial charge in [-0.2, -0.15) is 0 Å².